The number of hydrogen-bond donors (Lipinski definition) is 1. The fourth-order valence-electron chi connectivity index (χ4n) is 4.69. The lowest BCUT2D eigenvalue weighted by molar-refractivity contribution is -0.141. The predicted molar refractivity (Wildman–Crippen MR) is 92.9 cm³/mol. The molecule has 2 rings (SSSR count). The van der Waals surface area contributed by atoms with Gasteiger partial charge in [0.2, 0.25) is 11.8 Å². The predicted octanol–water partition coefficient (Wildman–Crippen LogP) is 3.21. The molecule has 1 saturated carbocycles. The molecule has 0 atom stereocenters. The standard InChI is InChI=1S/C19H34N2O2/c1-13(2)19(18(4,5)6)9-7-16(8-10-19)20-17(23)15-11-21(12-15)14(3)22/h13,15-16H,7-12H2,1-6H3,(H,20,23). The molecule has 4 nitrogen and oxygen atoms in total. The molecule has 132 valence electrons. The van der Waals surface area contributed by atoms with Crippen LogP contribution in [0, 0.1) is 22.7 Å². The van der Waals surface area contributed by atoms with Crippen molar-refractivity contribution in [1.29, 1.82) is 0 Å². The zero-order valence-electron chi connectivity index (χ0n) is 15.7. The maximum atomic E-state index is 12.3. The number of nitrogens with zero attached hydrogens (tertiary/aromatic N) is 1. The monoisotopic (exact) mass is 322 g/mol. The van der Waals surface area contributed by atoms with Gasteiger partial charge in [0.25, 0.3) is 0 Å². The highest BCUT2D eigenvalue weighted by molar-refractivity contribution is 5.83. The topological polar surface area (TPSA) is 49.4 Å². The van der Waals surface area contributed by atoms with Crippen LogP contribution < -0.4 is 5.32 Å². The van der Waals surface area contributed by atoms with Crippen LogP contribution in [0.4, 0.5) is 0 Å². The van der Waals surface area contributed by atoms with Gasteiger partial charge in [-0.15, -0.1) is 0 Å². The second-order valence-corrected chi connectivity index (χ2v) is 8.96. The maximum Gasteiger partial charge on any atom is 0.226 e. The summed E-state index contributed by atoms with van der Waals surface area (Å²) in [5, 5.41) is 3.23. The van der Waals surface area contributed by atoms with E-state index in [2.05, 4.69) is 39.9 Å². The molecule has 0 aromatic heterocycles. The molecule has 23 heavy (non-hydrogen) atoms. The number of carbonyl (C=O) groups excluding carboxylic acids is 2. The van der Waals surface area contributed by atoms with E-state index in [1.807, 2.05) is 0 Å². The number of hydrogen-bond acceptors (Lipinski definition) is 2. The lowest BCUT2D eigenvalue weighted by Gasteiger charge is -2.52. The molecule has 0 spiro atoms. The highest BCUT2D eigenvalue weighted by Crippen LogP contribution is 2.54. The molecule has 2 amide bonds. The van der Waals surface area contributed by atoms with Crippen molar-refractivity contribution in [3.63, 3.8) is 0 Å². The molecule has 0 bridgehead atoms. The third-order valence-electron chi connectivity index (χ3n) is 6.52. The molecule has 0 aromatic carbocycles. The minimum absolute atomic E-state index is 0.00158. The zero-order valence-corrected chi connectivity index (χ0v) is 15.7. The van der Waals surface area contributed by atoms with E-state index in [1.165, 1.54) is 12.8 Å². The molecule has 2 fully saturated rings. The van der Waals surface area contributed by atoms with Crippen molar-refractivity contribution in [2.45, 2.75) is 73.3 Å². The number of amides is 2. The lowest BCUT2D eigenvalue weighted by Crippen LogP contribution is -2.57. The first-order valence-electron chi connectivity index (χ1n) is 9.13. The number of nitrogens with one attached hydrogen (secondary N) is 1. The summed E-state index contributed by atoms with van der Waals surface area (Å²) in [6, 6.07) is 0.308. The van der Waals surface area contributed by atoms with Crippen molar-refractivity contribution in [3.8, 4) is 0 Å². The molecule has 0 unspecified atom stereocenters. The van der Waals surface area contributed by atoms with E-state index in [-0.39, 0.29) is 17.7 Å². The van der Waals surface area contributed by atoms with Crippen LogP contribution >= 0.6 is 0 Å². The van der Waals surface area contributed by atoms with Gasteiger partial charge in [0.15, 0.2) is 0 Å². The Labute approximate surface area is 141 Å². The van der Waals surface area contributed by atoms with Crippen LogP contribution in [0.25, 0.3) is 0 Å². The van der Waals surface area contributed by atoms with Crippen molar-refractivity contribution >= 4 is 11.8 Å². The third-order valence-corrected chi connectivity index (χ3v) is 6.52. The molecule has 1 saturated heterocycles. The molecule has 2 aliphatic rings. The second kappa shape index (κ2) is 6.45. The van der Waals surface area contributed by atoms with Crippen LogP contribution in [0.2, 0.25) is 0 Å². The summed E-state index contributed by atoms with van der Waals surface area (Å²) < 4.78 is 0. The first kappa shape index (κ1) is 18.3. The summed E-state index contributed by atoms with van der Waals surface area (Å²) in [4.78, 5) is 25.2. The smallest absolute Gasteiger partial charge is 0.226 e. The molecule has 1 aliphatic carbocycles. The Bertz CT molecular complexity index is 450. The SMILES string of the molecule is CC(=O)N1CC(C(=O)NC2CCC(C(C)C)(C(C)(C)C)CC2)C1. The average molecular weight is 322 g/mol. The Morgan fingerprint density at radius 1 is 1.13 bits per heavy atom. The quantitative estimate of drug-likeness (QED) is 0.867. The number of rotatable bonds is 3. The van der Waals surface area contributed by atoms with E-state index in [4.69, 9.17) is 0 Å². The van der Waals surface area contributed by atoms with Gasteiger partial charge in [-0.1, -0.05) is 34.6 Å². The highest BCUT2D eigenvalue weighted by atomic mass is 16.2. The van der Waals surface area contributed by atoms with E-state index in [9.17, 15) is 9.59 Å². The van der Waals surface area contributed by atoms with Gasteiger partial charge in [-0.05, 0) is 42.4 Å². The fourth-order valence-corrected chi connectivity index (χ4v) is 4.69. The molecular formula is C19H34N2O2. The Hall–Kier alpha value is -1.06. The highest BCUT2D eigenvalue weighted by Gasteiger charge is 2.46. The van der Waals surface area contributed by atoms with Crippen LogP contribution in [0.1, 0.15) is 67.2 Å². The minimum atomic E-state index is -0.00158. The first-order valence-corrected chi connectivity index (χ1v) is 9.13. The van der Waals surface area contributed by atoms with E-state index in [0.717, 1.165) is 12.8 Å². The van der Waals surface area contributed by atoms with Gasteiger partial charge < -0.3 is 10.2 Å². The van der Waals surface area contributed by atoms with Crippen LogP contribution in [-0.4, -0.2) is 35.8 Å². The second-order valence-electron chi connectivity index (χ2n) is 8.96. The van der Waals surface area contributed by atoms with Gasteiger partial charge in [-0.25, -0.2) is 0 Å². The Morgan fingerprint density at radius 3 is 2.04 bits per heavy atom. The summed E-state index contributed by atoms with van der Waals surface area (Å²) in [5.74, 6) is 0.868. The van der Waals surface area contributed by atoms with Gasteiger partial charge >= 0.3 is 0 Å². The third kappa shape index (κ3) is 3.56. The van der Waals surface area contributed by atoms with Crippen molar-refractivity contribution in [2.75, 3.05) is 13.1 Å². The molecule has 0 aromatic rings. The zero-order chi connectivity index (χ0) is 17.4. The molecule has 1 heterocycles. The largest absolute Gasteiger partial charge is 0.353 e. The molecule has 0 radical (unpaired) electrons. The van der Waals surface area contributed by atoms with E-state index in [1.54, 1.807) is 11.8 Å². The van der Waals surface area contributed by atoms with Gasteiger partial charge in [0.05, 0.1) is 5.92 Å². The number of likely N-dealkylation sites (tertiary alicyclic amines) is 1. The van der Waals surface area contributed by atoms with Crippen molar-refractivity contribution in [2.24, 2.45) is 22.7 Å². The maximum absolute atomic E-state index is 12.3. The lowest BCUT2D eigenvalue weighted by atomic mass is 9.54. The minimum Gasteiger partial charge on any atom is -0.353 e. The number of carbonyl (C=O) groups is 2. The van der Waals surface area contributed by atoms with Gasteiger partial charge in [-0.2, -0.15) is 0 Å². The Balaban J connectivity index is 1.85. The van der Waals surface area contributed by atoms with Crippen LogP contribution in [0.3, 0.4) is 0 Å². The van der Waals surface area contributed by atoms with E-state index in [0.29, 0.717) is 35.9 Å². The Morgan fingerprint density at radius 2 is 1.65 bits per heavy atom. The van der Waals surface area contributed by atoms with Gasteiger partial charge in [0, 0.05) is 26.1 Å². The van der Waals surface area contributed by atoms with Crippen molar-refractivity contribution in [3.05, 3.63) is 0 Å². The van der Waals surface area contributed by atoms with Crippen molar-refractivity contribution in [1.82, 2.24) is 10.2 Å². The van der Waals surface area contributed by atoms with Gasteiger partial charge in [0.1, 0.15) is 0 Å². The summed E-state index contributed by atoms with van der Waals surface area (Å²) in [6.45, 7) is 14.5. The molecule has 1 N–H and O–H groups in total. The molecule has 1 aliphatic heterocycles. The first-order chi connectivity index (χ1) is 10.6. The van der Waals surface area contributed by atoms with Crippen molar-refractivity contribution < 1.29 is 9.59 Å². The molecule has 4 heteroatoms. The summed E-state index contributed by atoms with van der Waals surface area (Å²) >= 11 is 0. The summed E-state index contributed by atoms with van der Waals surface area (Å²) in [5.41, 5.74) is 0.669. The average Bonchev–Trinajstić information content (AvgIpc) is 2.35. The normalized spacial score (nSPS) is 29.3. The Kier molecular flexibility index (Phi) is 5.12. The summed E-state index contributed by atoms with van der Waals surface area (Å²) in [6.07, 6.45) is 4.52. The molecular weight excluding hydrogens is 288 g/mol. The summed E-state index contributed by atoms with van der Waals surface area (Å²) in [7, 11) is 0. The van der Waals surface area contributed by atoms with Crippen LogP contribution in [0.15, 0.2) is 0 Å². The van der Waals surface area contributed by atoms with E-state index < -0.39 is 0 Å². The van der Waals surface area contributed by atoms with Crippen LogP contribution in [0.5, 0.6) is 0 Å². The van der Waals surface area contributed by atoms with Gasteiger partial charge in [-0.3, -0.25) is 9.59 Å². The van der Waals surface area contributed by atoms with E-state index >= 15 is 0 Å². The fraction of sp³-hybridized carbons (Fsp3) is 0.895. The van der Waals surface area contributed by atoms with Crippen LogP contribution in [-0.2, 0) is 9.59 Å².